The van der Waals surface area contributed by atoms with Crippen LogP contribution in [0.3, 0.4) is 0 Å². The van der Waals surface area contributed by atoms with Gasteiger partial charge < -0.3 is 15.0 Å². The van der Waals surface area contributed by atoms with Crippen molar-refractivity contribution in [2.45, 2.75) is 44.2 Å². The van der Waals surface area contributed by atoms with Gasteiger partial charge in [-0.3, -0.25) is 4.68 Å². The van der Waals surface area contributed by atoms with E-state index < -0.39 is 0 Å². The lowest BCUT2D eigenvalue weighted by Gasteiger charge is -2.28. The Hall–Kier alpha value is -2.08. The van der Waals surface area contributed by atoms with Gasteiger partial charge in [0, 0.05) is 38.6 Å². The molecule has 2 aliphatic heterocycles. The van der Waals surface area contributed by atoms with E-state index >= 15 is 0 Å². The number of aromatic nitrogens is 2. The van der Waals surface area contributed by atoms with Gasteiger partial charge in [0.2, 0.25) is 0 Å². The zero-order chi connectivity index (χ0) is 17.2. The fourth-order valence-corrected chi connectivity index (χ4v) is 4.20. The Morgan fingerprint density at radius 1 is 1.32 bits per heavy atom. The zero-order valence-corrected chi connectivity index (χ0v) is 14.8. The van der Waals surface area contributed by atoms with Gasteiger partial charge in [0.25, 0.3) is 0 Å². The van der Waals surface area contributed by atoms with Gasteiger partial charge in [-0.25, -0.2) is 4.79 Å². The van der Waals surface area contributed by atoms with E-state index in [1.54, 1.807) is 0 Å². The van der Waals surface area contributed by atoms with Crippen molar-refractivity contribution in [1.82, 2.24) is 20.0 Å². The molecule has 2 aromatic rings. The van der Waals surface area contributed by atoms with E-state index in [4.69, 9.17) is 4.74 Å². The Kier molecular flexibility index (Phi) is 4.61. The van der Waals surface area contributed by atoms with Gasteiger partial charge in [-0.1, -0.05) is 18.2 Å². The van der Waals surface area contributed by atoms with Gasteiger partial charge in [-0.2, -0.15) is 5.10 Å². The Morgan fingerprint density at radius 2 is 2.20 bits per heavy atom. The molecule has 0 aliphatic carbocycles. The molecule has 2 saturated heterocycles. The largest absolute Gasteiger partial charge is 0.376 e. The van der Waals surface area contributed by atoms with Gasteiger partial charge in [0.15, 0.2) is 0 Å². The lowest BCUT2D eigenvalue weighted by atomic mass is 10.1. The number of rotatable bonds is 4. The normalized spacial score (nSPS) is 23.5. The predicted molar refractivity (Wildman–Crippen MR) is 96.5 cm³/mol. The minimum absolute atomic E-state index is 0.0400. The zero-order valence-electron chi connectivity index (χ0n) is 14.8. The Morgan fingerprint density at radius 3 is 3.04 bits per heavy atom. The summed E-state index contributed by atoms with van der Waals surface area (Å²) in [6.45, 7) is 2.28. The number of carbonyl (C=O) groups excluding carboxylic acids is 1. The number of carbonyl (C=O) groups is 1. The molecule has 2 amide bonds. The molecule has 134 valence electrons. The summed E-state index contributed by atoms with van der Waals surface area (Å²) in [7, 11) is 1.96. The summed E-state index contributed by atoms with van der Waals surface area (Å²) in [4.78, 5) is 14.6. The van der Waals surface area contributed by atoms with Crippen LogP contribution in [0.25, 0.3) is 10.9 Å². The van der Waals surface area contributed by atoms with Crippen molar-refractivity contribution in [3.05, 3.63) is 30.0 Å². The second-order valence-corrected chi connectivity index (χ2v) is 7.02. The second-order valence-electron chi connectivity index (χ2n) is 7.02. The van der Waals surface area contributed by atoms with Gasteiger partial charge in [-0.15, -0.1) is 0 Å². The first-order chi connectivity index (χ1) is 12.2. The van der Waals surface area contributed by atoms with Crippen LogP contribution in [0, 0.1) is 0 Å². The first-order valence-corrected chi connectivity index (χ1v) is 9.31. The van der Waals surface area contributed by atoms with Gasteiger partial charge >= 0.3 is 6.03 Å². The molecule has 6 nitrogen and oxygen atoms in total. The van der Waals surface area contributed by atoms with Crippen molar-refractivity contribution in [3.63, 3.8) is 0 Å². The first-order valence-electron chi connectivity index (χ1n) is 9.31. The maximum absolute atomic E-state index is 12.6. The third kappa shape index (κ3) is 3.23. The van der Waals surface area contributed by atoms with Crippen LogP contribution < -0.4 is 5.32 Å². The van der Waals surface area contributed by atoms with Crippen LogP contribution in [-0.2, 0) is 18.2 Å². The number of para-hydroxylation sites is 1. The highest BCUT2D eigenvalue weighted by Gasteiger charge is 2.36. The van der Waals surface area contributed by atoms with E-state index in [0.717, 1.165) is 61.9 Å². The molecule has 0 bridgehead atoms. The molecule has 0 radical (unpaired) electrons. The highest BCUT2D eigenvalue weighted by molar-refractivity contribution is 5.82. The average Bonchev–Trinajstić information content (AvgIpc) is 3.35. The topological polar surface area (TPSA) is 59.4 Å². The highest BCUT2D eigenvalue weighted by Crippen LogP contribution is 2.27. The maximum atomic E-state index is 12.6. The molecular formula is C19H26N4O2. The van der Waals surface area contributed by atoms with Crippen LogP contribution in [0.5, 0.6) is 0 Å². The SMILES string of the molecule is Cn1nc(CCNC(=O)N2CCC[C@@H]2[C@@H]2CCCO2)c2ccccc21. The van der Waals surface area contributed by atoms with E-state index in [-0.39, 0.29) is 18.2 Å². The smallest absolute Gasteiger partial charge is 0.317 e. The molecule has 3 heterocycles. The highest BCUT2D eigenvalue weighted by atomic mass is 16.5. The standard InChI is InChI=1S/C19H26N4O2/c1-22-16-7-3-2-6-14(16)15(21-22)10-11-20-19(24)23-12-4-8-17(23)18-9-5-13-25-18/h2-3,6-7,17-18H,4-5,8-13H2,1H3,(H,20,24)/t17-,18+/m1/s1. The number of benzene rings is 1. The summed E-state index contributed by atoms with van der Waals surface area (Å²) >= 11 is 0. The number of urea groups is 1. The summed E-state index contributed by atoms with van der Waals surface area (Å²) in [5.41, 5.74) is 2.16. The van der Waals surface area contributed by atoms with Crippen LogP contribution in [0.1, 0.15) is 31.4 Å². The third-order valence-corrected chi connectivity index (χ3v) is 5.43. The molecule has 1 aromatic heterocycles. The number of fused-ring (bicyclic) bond motifs is 1. The lowest BCUT2D eigenvalue weighted by Crippen LogP contribution is -2.47. The number of nitrogens with zero attached hydrogens (tertiary/aromatic N) is 3. The van der Waals surface area contributed by atoms with E-state index in [2.05, 4.69) is 22.5 Å². The number of likely N-dealkylation sites (tertiary alicyclic amines) is 1. The van der Waals surface area contributed by atoms with Crippen LogP contribution in [-0.4, -0.2) is 52.6 Å². The van der Waals surface area contributed by atoms with Crippen molar-refractivity contribution in [2.24, 2.45) is 7.05 Å². The van der Waals surface area contributed by atoms with E-state index in [0.29, 0.717) is 6.54 Å². The van der Waals surface area contributed by atoms with Crippen molar-refractivity contribution in [3.8, 4) is 0 Å². The number of amides is 2. The minimum atomic E-state index is 0.0400. The van der Waals surface area contributed by atoms with Crippen LogP contribution in [0.15, 0.2) is 24.3 Å². The number of nitrogens with one attached hydrogen (secondary N) is 1. The van der Waals surface area contributed by atoms with Gasteiger partial charge in [0.1, 0.15) is 0 Å². The maximum Gasteiger partial charge on any atom is 0.317 e. The first kappa shape index (κ1) is 16.4. The molecule has 0 unspecified atom stereocenters. The molecule has 4 rings (SSSR count). The second kappa shape index (κ2) is 7.04. The summed E-state index contributed by atoms with van der Waals surface area (Å²) < 4.78 is 7.71. The fourth-order valence-electron chi connectivity index (χ4n) is 4.20. The number of hydrogen-bond acceptors (Lipinski definition) is 3. The van der Waals surface area contributed by atoms with E-state index in [9.17, 15) is 4.79 Å². The average molecular weight is 342 g/mol. The Bertz CT molecular complexity index is 751. The van der Waals surface area contributed by atoms with Crippen molar-refractivity contribution in [2.75, 3.05) is 19.7 Å². The fraction of sp³-hybridized carbons (Fsp3) is 0.579. The third-order valence-electron chi connectivity index (χ3n) is 5.43. The number of hydrogen-bond donors (Lipinski definition) is 1. The predicted octanol–water partition coefficient (Wildman–Crippen LogP) is 2.47. The minimum Gasteiger partial charge on any atom is -0.376 e. The quantitative estimate of drug-likeness (QED) is 0.928. The van der Waals surface area contributed by atoms with Crippen molar-refractivity contribution >= 4 is 16.9 Å². The summed E-state index contributed by atoms with van der Waals surface area (Å²) in [5.74, 6) is 0. The summed E-state index contributed by atoms with van der Waals surface area (Å²) in [6.07, 6.45) is 5.29. The molecule has 1 N–H and O–H groups in total. The Balaban J connectivity index is 1.35. The molecule has 1 aromatic carbocycles. The van der Waals surface area contributed by atoms with Gasteiger partial charge in [0.05, 0.1) is 23.4 Å². The van der Waals surface area contributed by atoms with Crippen LogP contribution in [0.2, 0.25) is 0 Å². The molecule has 6 heteroatoms. The molecular weight excluding hydrogens is 316 g/mol. The van der Waals surface area contributed by atoms with Crippen LogP contribution in [0.4, 0.5) is 4.79 Å². The molecule has 0 saturated carbocycles. The summed E-state index contributed by atoms with van der Waals surface area (Å²) in [5, 5.41) is 8.84. The Labute approximate surface area is 148 Å². The molecule has 0 spiro atoms. The van der Waals surface area contributed by atoms with E-state index in [1.807, 2.05) is 28.8 Å². The molecule has 2 aliphatic rings. The van der Waals surface area contributed by atoms with Crippen molar-refractivity contribution in [1.29, 1.82) is 0 Å². The number of ether oxygens (including phenoxy) is 1. The molecule has 2 atom stereocenters. The number of aryl methyl sites for hydroxylation is 1. The summed E-state index contributed by atoms with van der Waals surface area (Å²) in [6, 6.07) is 8.50. The van der Waals surface area contributed by atoms with E-state index in [1.165, 1.54) is 0 Å². The van der Waals surface area contributed by atoms with Gasteiger partial charge in [-0.05, 0) is 31.7 Å². The van der Waals surface area contributed by atoms with Crippen LogP contribution >= 0.6 is 0 Å². The molecule has 25 heavy (non-hydrogen) atoms. The lowest BCUT2D eigenvalue weighted by molar-refractivity contribution is 0.0521. The van der Waals surface area contributed by atoms with Crippen molar-refractivity contribution < 1.29 is 9.53 Å². The monoisotopic (exact) mass is 342 g/mol. The molecule has 2 fully saturated rings.